The molecule has 242 valence electrons. The summed E-state index contributed by atoms with van der Waals surface area (Å²) in [7, 11) is 0. The minimum Gasteiger partial charge on any atom is -0.248 e. The molecular formula is C48H30N4. The lowest BCUT2D eigenvalue weighted by Gasteiger charge is -2.12. The standard InChI is InChI=1S/C48H30N4/c1-3-11-31(12-4-1)46-30-47(52-48(51-46)34-13-5-2-6-14-34)43-26-24-33-20-22-36(29-45(33)50-43)35-21-19-32-23-25-42(49-44(32)28-35)41-27-37-15-7-8-16-38(37)39-17-9-10-18-40(39)41/h1-30H. The number of rotatable bonds is 5. The second-order valence-corrected chi connectivity index (χ2v) is 13.1. The van der Waals surface area contributed by atoms with E-state index in [1.54, 1.807) is 0 Å². The Labute approximate surface area is 300 Å². The first-order valence-corrected chi connectivity index (χ1v) is 17.5. The Kier molecular flexibility index (Phi) is 7.10. The zero-order chi connectivity index (χ0) is 34.4. The third-order valence-corrected chi connectivity index (χ3v) is 9.85. The van der Waals surface area contributed by atoms with Crippen molar-refractivity contribution in [3.63, 3.8) is 0 Å². The molecule has 0 fully saturated rings. The summed E-state index contributed by atoms with van der Waals surface area (Å²) < 4.78 is 0. The van der Waals surface area contributed by atoms with Crippen LogP contribution in [0.4, 0.5) is 0 Å². The van der Waals surface area contributed by atoms with Crippen molar-refractivity contribution in [3.8, 4) is 56.4 Å². The molecule has 0 atom stereocenters. The molecule has 10 aromatic rings. The Morgan fingerprint density at radius 1 is 0.269 bits per heavy atom. The molecule has 0 radical (unpaired) electrons. The van der Waals surface area contributed by atoms with Crippen molar-refractivity contribution in [2.75, 3.05) is 0 Å². The smallest absolute Gasteiger partial charge is 0.160 e. The summed E-state index contributed by atoms with van der Waals surface area (Å²) in [5, 5.41) is 7.08. The molecule has 7 aromatic carbocycles. The lowest BCUT2D eigenvalue weighted by Crippen LogP contribution is -1.97. The van der Waals surface area contributed by atoms with Gasteiger partial charge in [-0.2, -0.15) is 0 Å². The van der Waals surface area contributed by atoms with E-state index in [9.17, 15) is 0 Å². The van der Waals surface area contributed by atoms with Gasteiger partial charge >= 0.3 is 0 Å². The fourth-order valence-corrected chi connectivity index (χ4v) is 7.20. The summed E-state index contributed by atoms with van der Waals surface area (Å²) in [6.45, 7) is 0. The quantitative estimate of drug-likeness (QED) is 0.172. The second kappa shape index (κ2) is 12.4. The van der Waals surface area contributed by atoms with Crippen molar-refractivity contribution in [1.82, 2.24) is 19.9 Å². The molecule has 0 spiro atoms. The normalized spacial score (nSPS) is 11.5. The van der Waals surface area contributed by atoms with Gasteiger partial charge in [0, 0.05) is 27.5 Å². The van der Waals surface area contributed by atoms with Crippen LogP contribution in [0.5, 0.6) is 0 Å². The third-order valence-electron chi connectivity index (χ3n) is 9.85. The molecule has 0 aliphatic rings. The third kappa shape index (κ3) is 5.34. The molecule has 0 saturated heterocycles. The molecular weight excluding hydrogens is 633 g/mol. The molecule has 0 saturated carbocycles. The first-order chi connectivity index (χ1) is 25.7. The molecule has 0 N–H and O–H groups in total. The number of fused-ring (bicyclic) bond motifs is 5. The maximum absolute atomic E-state index is 5.24. The van der Waals surface area contributed by atoms with Gasteiger partial charge in [0.15, 0.2) is 5.82 Å². The van der Waals surface area contributed by atoms with Crippen molar-refractivity contribution < 1.29 is 0 Å². The van der Waals surface area contributed by atoms with Gasteiger partial charge in [-0.15, -0.1) is 0 Å². The maximum Gasteiger partial charge on any atom is 0.160 e. The van der Waals surface area contributed by atoms with Gasteiger partial charge in [0.2, 0.25) is 0 Å². The summed E-state index contributed by atoms with van der Waals surface area (Å²) in [4.78, 5) is 20.4. The van der Waals surface area contributed by atoms with Gasteiger partial charge in [0.1, 0.15) is 0 Å². The Balaban J connectivity index is 1.06. The Morgan fingerprint density at radius 2 is 0.808 bits per heavy atom. The molecule has 0 bridgehead atoms. The largest absolute Gasteiger partial charge is 0.248 e. The van der Waals surface area contributed by atoms with E-state index in [4.69, 9.17) is 19.9 Å². The lowest BCUT2D eigenvalue weighted by molar-refractivity contribution is 1.17. The number of aromatic nitrogens is 4. The van der Waals surface area contributed by atoms with Crippen molar-refractivity contribution in [1.29, 1.82) is 0 Å². The first kappa shape index (κ1) is 29.8. The fraction of sp³-hybridized carbons (Fsp3) is 0. The van der Waals surface area contributed by atoms with Crippen LogP contribution in [0.1, 0.15) is 0 Å². The van der Waals surface area contributed by atoms with Gasteiger partial charge in [0.25, 0.3) is 0 Å². The average molecular weight is 663 g/mol. The van der Waals surface area contributed by atoms with E-state index < -0.39 is 0 Å². The van der Waals surface area contributed by atoms with E-state index in [1.165, 1.54) is 21.5 Å². The fourth-order valence-electron chi connectivity index (χ4n) is 7.20. The number of hydrogen-bond acceptors (Lipinski definition) is 4. The van der Waals surface area contributed by atoms with E-state index in [2.05, 4.69) is 121 Å². The minimum absolute atomic E-state index is 0.673. The summed E-state index contributed by atoms with van der Waals surface area (Å²) >= 11 is 0. The summed E-state index contributed by atoms with van der Waals surface area (Å²) in [6, 6.07) is 63.3. The Bertz CT molecular complexity index is 2900. The number of pyridine rings is 2. The summed E-state index contributed by atoms with van der Waals surface area (Å²) in [5.74, 6) is 0.673. The van der Waals surface area contributed by atoms with Crippen LogP contribution in [0.15, 0.2) is 182 Å². The van der Waals surface area contributed by atoms with Gasteiger partial charge in [-0.05, 0) is 69.1 Å². The molecule has 4 nitrogen and oxygen atoms in total. The van der Waals surface area contributed by atoms with Gasteiger partial charge in [-0.1, -0.05) is 146 Å². The van der Waals surface area contributed by atoms with Crippen LogP contribution in [0.3, 0.4) is 0 Å². The van der Waals surface area contributed by atoms with E-state index in [0.717, 1.165) is 72.4 Å². The van der Waals surface area contributed by atoms with E-state index >= 15 is 0 Å². The highest BCUT2D eigenvalue weighted by Crippen LogP contribution is 2.36. The topological polar surface area (TPSA) is 51.6 Å². The van der Waals surface area contributed by atoms with E-state index in [-0.39, 0.29) is 0 Å². The molecule has 0 aliphatic heterocycles. The van der Waals surface area contributed by atoms with E-state index in [0.29, 0.717) is 5.82 Å². The monoisotopic (exact) mass is 662 g/mol. The zero-order valence-corrected chi connectivity index (χ0v) is 28.1. The van der Waals surface area contributed by atoms with Crippen LogP contribution < -0.4 is 0 Å². The van der Waals surface area contributed by atoms with Crippen LogP contribution in [0.25, 0.3) is 99.8 Å². The molecule has 52 heavy (non-hydrogen) atoms. The van der Waals surface area contributed by atoms with Crippen LogP contribution in [-0.2, 0) is 0 Å². The van der Waals surface area contributed by atoms with Crippen molar-refractivity contribution in [2.45, 2.75) is 0 Å². The van der Waals surface area contributed by atoms with Crippen molar-refractivity contribution >= 4 is 43.4 Å². The Morgan fingerprint density at radius 3 is 1.52 bits per heavy atom. The minimum atomic E-state index is 0.673. The van der Waals surface area contributed by atoms with Crippen LogP contribution in [-0.4, -0.2) is 19.9 Å². The first-order valence-electron chi connectivity index (χ1n) is 17.5. The highest BCUT2D eigenvalue weighted by molar-refractivity contribution is 6.13. The van der Waals surface area contributed by atoms with Gasteiger partial charge < -0.3 is 0 Å². The van der Waals surface area contributed by atoms with Gasteiger partial charge in [-0.3, -0.25) is 0 Å². The number of hydrogen-bond donors (Lipinski definition) is 0. The SMILES string of the molecule is c1ccc(-c2cc(-c3ccc4ccc(-c5ccc6ccc(-c7cc8ccccc8c8ccccc78)nc6c5)cc4n3)nc(-c3ccccc3)n2)cc1. The van der Waals surface area contributed by atoms with Crippen molar-refractivity contribution in [2.24, 2.45) is 0 Å². The van der Waals surface area contributed by atoms with Gasteiger partial charge in [-0.25, -0.2) is 19.9 Å². The van der Waals surface area contributed by atoms with E-state index in [1.807, 2.05) is 60.7 Å². The molecule has 3 aromatic heterocycles. The number of benzene rings is 7. The van der Waals surface area contributed by atoms with Crippen LogP contribution in [0, 0.1) is 0 Å². The predicted molar refractivity (Wildman–Crippen MR) is 215 cm³/mol. The summed E-state index contributed by atoms with van der Waals surface area (Å²) in [5.41, 5.74) is 10.6. The molecule has 4 heteroatoms. The molecule has 0 amide bonds. The lowest BCUT2D eigenvalue weighted by atomic mass is 9.95. The maximum atomic E-state index is 5.24. The Hall–Kier alpha value is -7.04. The molecule has 0 aliphatic carbocycles. The van der Waals surface area contributed by atoms with Crippen LogP contribution >= 0.6 is 0 Å². The highest BCUT2D eigenvalue weighted by Gasteiger charge is 2.14. The molecule has 0 unspecified atom stereocenters. The zero-order valence-electron chi connectivity index (χ0n) is 28.1. The highest BCUT2D eigenvalue weighted by atomic mass is 14.9. The molecule has 10 rings (SSSR count). The predicted octanol–water partition coefficient (Wildman–Crippen LogP) is 12.2. The van der Waals surface area contributed by atoms with Crippen LogP contribution in [0.2, 0.25) is 0 Å². The number of nitrogens with zero attached hydrogens (tertiary/aromatic N) is 4. The second-order valence-electron chi connectivity index (χ2n) is 13.1. The van der Waals surface area contributed by atoms with Gasteiger partial charge in [0.05, 0.1) is 33.8 Å². The molecule has 3 heterocycles. The van der Waals surface area contributed by atoms with Crippen molar-refractivity contribution in [3.05, 3.63) is 182 Å². The average Bonchev–Trinajstić information content (AvgIpc) is 3.23. The summed E-state index contributed by atoms with van der Waals surface area (Å²) in [6.07, 6.45) is 0.